The maximum atomic E-state index is 12.3. The molecule has 0 aliphatic carbocycles. The van der Waals surface area contributed by atoms with Crippen LogP contribution in [0.5, 0.6) is 11.5 Å². The summed E-state index contributed by atoms with van der Waals surface area (Å²) in [6.45, 7) is 2.01. The second-order valence-electron chi connectivity index (χ2n) is 4.20. The minimum Gasteiger partial charge on any atom is -0.497 e. The zero-order chi connectivity index (χ0) is 15.5. The van der Waals surface area contributed by atoms with Crippen LogP contribution in [0.15, 0.2) is 28.5 Å². The number of rotatable bonds is 6. The van der Waals surface area contributed by atoms with E-state index in [0.29, 0.717) is 11.4 Å². The smallest absolute Gasteiger partial charge is 0.244 e. The molecule has 0 saturated carbocycles. The Morgan fingerprint density at radius 1 is 1.29 bits per heavy atom. The van der Waals surface area contributed by atoms with Gasteiger partial charge in [0.25, 0.3) is 0 Å². The van der Waals surface area contributed by atoms with Crippen LogP contribution >= 0.6 is 11.3 Å². The van der Waals surface area contributed by atoms with E-state index in [1.807, 2.05) is 12.3 Å². The maximum absolute atomic E-state index is 12.3. The minimum absolute atomic E-state index is 0.0674. The molecule has 0 amide bonds. The van der Waals surface area contributed by atoms with Crippen molar-refractivity contribution in [2.75, 3.05) is 14.2 Å². The van der Waals surface area contributed by atoms with Crippen LogP contribution in [0.25, 0.3) is 0 Å². The molecule has 114 valence electrons. The lowest BCUT2D eigenvalue weighted by Crippen LogP contribution is -2.24. The Morgan fingerprint density at radius 3 is 2.62 bits per heavy atom. The number of thiazole rings is 1. The monoisotopic (exact) mass is 328 g/mol. The van der Waals surface area contributed by atoms with Crippen LogP contribution in [0.1, 0.15) is 10.7 Å². The Kier molecular flexibility index (Phi) is 4.81. The van der Waals surface area contributed by atoms with Crippen LogP contribution in [0.2, 0.25) is 0 Å². The quantitative estimate of drug-likeness (QED) is 0.877. The molecule has 0 atom stereocenters. The Morgan fingerprint density at radius 2 is 2.05 bits per heavy atom. The first kappa shape index (κ1) is 15.7. The highest BCUT2D eigenvalue weighted by molar-refractivity contribution is 7.89. The molecule has 0 saturated heterocycles. The van der Waals surface area contributed by atoms with E-state index >= 15 is 0 Å². The number of hydrogen-bond acceptors (Lipinski definition) is 6. The Labute approximate surface area is 127 Å². The van der Waals surface area contributed by atoms with Crippen molar-refractivity contribution in [1.29, 1.82) is 0 Å². The third-order valence-electron chi connectivity index (χ3n) is 2.77. The van der Waals surface area contributed by atoms with Crippen molar-refractivity contribution in [1.82, 2.24) is 9.71 Å². The first-order chi connectivity index (χ1) is 9.96. The van der Waals surface area contributed by atoms with Gasteiger partial charge in [-0.15, -0.1) is 11.3 Å². The molecule has 1 heterocycles. The number of aromatic nitrogens is 1. The van der Waals surface area contributed by atoms with Crippen LogP contribution < -0.4 is 14.2 Å². The molecule has 8 heteroatoms. The van der Waals surface area contributed by atoms with Gasteiger partial charge in [-0.2, -0.15) is 0 Å². The van der Waals surface area contributed by atoms with Gasteiger partial charge in [-0.25, -0.2) is 18.1 Å². The number of ether oxygens (including phenoxy) is 2. The largest absolute Gasteiger partial charge is 0.497 e. The molecule has 1 aromatic carbocycles. The van der Waals surface area contributed by atoms with Gasteiger partial charge in [0.2, 0.25) is 10.0 Å². The summed E-state index contributed by atoms with van der Waals surface area (Å²) >= 11 is 1.48. The lowest BCUT2D eigenvalue weighted by atomic mass is 10.3. The topological polar surface area (TPSA) is 77.5 Å². The minimum atomic E-state index is -3.68. The molecule has 0 radical (unpaired) electrons. The van der Waals surface area contributed by atoms with Gasteiger partial charge in [-0.1, -0.05) is 0 Å². The highest BCUT2D eigenvalue weighted by Crippen LogP contribution is 2.28. The van der Waals surface area contributed by atoms with Crippen molar-refractivity contribution in [3.05, 3.63) is 34.3 Å². The van der Waals surface area contributed by atoms with Crippen LogP contribution in [-0.2, 0) is 16.6 Å². The molecule has 0 aliphatic heterocycles. The fourth-order valence-corrected chi connectivity index (χ4v) is 3.49. The summed E-state index contributed by atoms with van der Waals surface area (Å²) in [6.07, 6.45) is 0. The fourth-order valence-electron chi connectivity index (χ4n) is 1.73. The Bertz CT molecular complexity index is 726. The van der Waals surface area contributed by atoms with Gasteiger partial charge >= 0.3 is 0 Å². The lowest BCUT2D eigenvalue weighted by Gasteiger charge is -2.11. The number of hydrogen-bond donors (Lipinski definition) is 1. The molecule has 0 unspecified atom stereocenters. The standard InChI is InChI=1S/C13H16N2O4S2/c1-9-15-10(8-20-9)7-14-21(16,17)13-5-4-11(18-2)6-12(13)19-3/h4-6,8,14H,7H2,1-3H3. The SMILES string of the molecule is COc1ccc(S(=O)(=O)NCc2csc(C)n2)c(OC)c1. The zero-order valence-corrected chi connectivity index (χ0v) is 13.5. The molecular formula is C13H16N2O4S2. The van der Waals surface area contributed by atoms with Gasteiger partial charge in [0.05, 0.1) is 31.5 Å². The van der Waals surface area contributed by atoms with Crippen molar-refractivity contribution in [3.63, 3.8) is 0 Å². The molecule has 2 aromatic rings. The van der Waals surface area contributed by atoms with Gasteiger partial charge in [0, 0.05) is 11.4 Å². The van der Waals surface area contributed by atoms with E-state index in [1.165, 1.54) is 37.7 Å². The average Bonchev–Trinajstić information content (AvgIpc) is 2.90. The van der Waals surface area contributed by atoms with E-state index in [1.54, 1.807) is 6.07 Å². The van der Waals surface area contributed by atoms with Gasteiger partial charge < -0.3 is 9.47 Å². The van der Waals surface area contributed by atoms with Crippen molar-refractivity contribution < 1.29 is 17.9 Å². The lowest BCUT2D eigenvalue weighted by molar-refractivity contribution is 0.386. The highest BCUT2D eigenvalue weighted by atomic mass is 32.2. The molecule has 2 rings (SSSR count). The maximum Gasteiger partial charge on any atom is 0.244 e. The molecule has 0 spiro atoms. The predicted octanol–water partition coefficient (Wildman–Crippen LogP) is 1.95. The van der Waals surface area contributed by atoms with Crippen LogP contribution in [0, 0.1) is 6.92 Å². The van der Waals surface area contributed by atoms with E-state index in [4.69, 9.17) is 9.47 Å². The van der Waals surface area contributed by atoms with Crippen LogP contribution in [-0.4, -0.2) is 27.6 Å². The zero-order valence-electron chi connectivity index (χ0n) is 11.9. The van der Waals surface area contributed by atoms with Crippen molar-refractivity contribution >= 4 is 21.4 Å². The third kappa shape index (κ3) is 3.72. The number of nitrogens with one attached hydrogen (secondary N) is 1. The van der Waals surface area contributed by atoms with Crippen molar-refractivity contribution in [3.8, 4) is 11.5 Å². The second kappa shape index (κ2) is 6.42. The first-order valence-corrected chi connectivity index (χ1v) is 8.45. The van der Waals surface area contributed by atoms with Gasteiger partial charge in [0.1, 0.15) is 16.4 Å². The van der Waals surface area contributed by atoms with E-state index in [2.05, 4.69) is 9.71 Å². The van der Waals surface area contributed by atoms with Crippen LogP contribution in [0.4, 0.5) is 0 Å². The van der Waals surface area contributed by atoms with Gasteiger partial charge in [-0.3, -0.25) is 0 Å². The Hall–Kier alpha value is -1.64. The molecular weight excluding hydrogens is 312 g/mol. The molecule has 1 aromatic heterocycles. The third-order valence-corrected chi connectivity index (χ3v) is 5.03. The summed E-state index contributed by atoms with van der Waals surface area (Å²) in [7, 11) is -0.763. The van der Waals surface area contributed by atoms with Crippen molar-refractivity contribution in [2.45, 2.75) is 18.4 Å². The van der Waals surface area contributed by atoms with Crippen molar-refractivity contribution in [2.24, 2.45) is 0 Å². The molecule has 0 bridgehead atoms. The molecule has 0 aliphatic rings. The fraction of sp³-hybridized carbons (Fsp3) is 0.308. The van der Waals surface area contributed by atoms with E-state index in [0.717, 1.165) is 5.01 Å². The van der Waals surface area contributed by atoms with Crippen LogP contribution in [0.3, 0.4) is 0 Å². The summed E-state index contributed by atoms with van der Waals surface area (Å²) in [4.78, 5) is 4.29. The first-order valence-electron chi connectivity index (χ1n) is 6.09. The predicted molar refractivity (Wildman–Crippen MR) is 80.4 cm³/mol. The highest BCUT2D eigenvalue weighted by Gasteiger charge is 2.20. The Balaban J connectivity index is 2.22. The van der Waals surface area contributed by atoms with E-state index in [-0.39, 0.29) is 17.2 Å². The summed E-state index contributed by atoms with van der Waals surface area (Å²) in [5.74, 6) is 0.761. The summed E-state index contributed by atoms with van der Waals surface area (Å²) < 4.78 is 37.4. The van der Waals surface area contributed by atoms with E-state index in [9.17, 15) is 8.42 Å². The second-order valence-corrected chi connectivity index (χ2v) is 7.00. The molecule has 21 heavy (non-hydrogen) atoms. The number of sulfonamides is 1. The number of benzene rings is 1. The summed E-state index contributed by atoms with van der Waals surface area (Å²) in [5.41, 5.74) is 0.688. The molecule has 0 fully saturated rings. The number of methoxy groups -OCH3 is 2. The summed E-state index contributed by atoms with van der Waals surface area (Å²) in [5, 5.41) is 2.72. The molecule has 1 N–H and O–H groups in total. The van der Waals surface area contributed by atoms with Gasteiger partial charge in [-0.05, 0) is 19.1 Å². The van der Waals surface area contributed by atoms with E-state index < -0.39 is 10.0 Å². The number of aryl methyl sites for hydroxylation is 1. The molecule has 6 nitrogen and oxygen atoms in total. The van der Waals surface area contributed by atoms with Gasteiger partial charge in [0.15, 0.2) is 0 Å². The number of nitrogens with zero attached hydrogens (tertiary/aromatic N) is 1. The summed E-state index contributed by atoms with van der Waals surface area (Å²) in [6, 6.07) is 4.55. The normalized spacial score (nSPS) is 11.4. The average molecular weight is 328 g/mol.